The summed E-state index contributed by atoms with van der Waals surface area (Å²) < 4.78 is 10.7. The molecule has 0 bridgehead atoms. The van der Waals surface area contributed by atoms with Gasteiger partial charge < -0.3 is 9.53 Å². The summed E-state index contributed by atoms with van der Waals surface area (Å²) in [5.74, 6) is -1.07. The van der Waals surface area contributed by atoms with Crippen LogP contribution in [0.2, 0.25) is 0 Å². The molecular formula is C5H7NO4. The number of aldehydes is 1. The Bertz CT molecular complexity index is 181. The molecule has 1 atom stereocenters. The molecule has 0 amide bonds. The highest BCUT2D eigenvalue weighted by Gasteiger charge is 2.18. The fourth-order valence-corrected chi connectivity index (χ4v) is 0.334. The van der Waals surface area contributed by atoms with Crippen LogP contribution in [0.1, 0.15) is 8.29 Å². The molecule has 0 radical (unpaired) electrons. The van der Waals surface area contributed by atoms with Crippen LogP contribution < -0.4 is 0 Å². The molecule has 10 heavy (non-hydrogen) atoms. The van der Waals surface area contributed by atoms with Gasteiger partial charge in [0, 0.05) is 0 Å². The Morgan fingerprint density at radius 2 is 2.60 bits per heavy atom. The normalized spacial score (nSPS) is 13.1. The Balaban J connectivity index is 4.14. The summed E-state index contributed by atoms with van der Waals surface area (Å²) in [7, 11) is 0. The fraction of sp³-hybridized carbons (Fsp3) is 0.600. The summed E-state index contributed by atoms with van der Waals surface area (Å²) >= 11 is 0. The molecule has 0 fully saturated rings. The van der Waals surface area contributed by atoms with Gasteiger partial charge >= 0.3 is 5.97 Å². The zero-order chi connectivity index (χ0) is 8.85. The minimum Gasteiger partial charge on any atom is -0.464 e. The van der Waals surface area contributed by atoms with Crippen LogP contribution in [0.4, 0.5) is 0 Å². The van der Waals surface area contributed by atoms with Gasteiger partial charge in [0.1, 0.15) is 1.37 Å². The molecule has 0 rings (SSSR count). The second-order valence-corrected chi connectivity index (χ2v) is 1.38. The van der Waals surface area contributed by atoms with Crippen molar-refractivity contribution in [2.45, 2.75) is 13.0 Å². The van der Waals surface area contributed by atoms with Gasteiger partial charge in [0.25, 0.3) is 0 Å². The Morgan fingerprint density at radius 3 is 2.90 bits per heavy atom. The lowest BCUT2D eigenvalue weighted by atomic mass is 10.4. The van der Waals surface area contributed by atoms with Gasteiger partial charge in [0.15, 0.2) is 6.26 Å². The van der Waals surface area contributed by atoms with Crippen molar-refractivity contribution in [3.63, 3.8) is 0 Å². The van der Waals surface area contributed by atoms with Gasteiger partial charge in [0.05, 0.1) is 6.61 Å². The van der Waals surface area contributed by atoms with Crippen molar-refractivity contribution in [3.8, 4) is 0 Å². The van der Waals surface area contributed by atoms with E-state index in [1.54, 1.807) is 0 Å². The molecule has 0 aromatic heterocycles. The highest BCUT2D eigenvalue weighted by atomic mass is 16.5. The number of carbonyl (C=O) groups is 2. The lowest BCUT2D eigenvalue weighted by Crippen LogP contribution is -2.22. The van der Waals surface area contributed by atoms with Crippen molar-refractivity contribution in [2.24, 2.45) is 5.18 Å². The van der Waals surface area contributed by atoms with E-state index in [2.05, 4.69) is 9.91 Å². The predicted molar refractivity (Wildman–Crippen MR) is 32.3 cm³/mol. The Kier molecular flexibility index (Phi) is 3.16. The monoisotopic (exact) mass is 146 g/mol. The average molecular weight is 146 g/mol. The summed E-state index contributed by atoms with van der Waals surface area (Å²) in [6.45, 7) is 1.58. The molecule has 5 nitrogen and oxygen atoms in total. The van der Waals surface area contributed by atoms with Crippen LogP contribution in [-0.4, -0.2) is 24.9 Å². The van der Waals surface area contributed by atoms with E-state index in [0.717, 1.165) is 0 Å². The standard InChI is InChI=1S/C5H7NO4/c1-2-10-5(8)4(3-7)6-9/h3-4H,2H2,1H3/i3D. The number of carbonyl (C=O) groups excluding carboxylic acids is 2. The van der Waals surface area contributed by atoms with Gasteiger partial charge in [-0.1, -0.05) is 0 Å². The molecule has 0 N–H and O–H groups in total. The summed E-state index contributed by atoms with van der Waals surface area (Å²) in [6, 6.07) is -1.82. The summed E-state index contributed by atoms with van der Waals surface area (Å²) in [5, 5.41) is 2.14. The number of esters is 1. The van der Waals surface area contributed by atoms with E-state index < -0.39 is 18.3 Å². The Labute approximate surface area is 58.7 Å². The maximum Gasteiger partial charge on any atom is 0.342 e. The first-order valence-corrected chi connectivity index (χ1v) is 2.63. The largest absolute Gasteiger partial charge is 0.464 e. The van der Waals surface area contributed by atoms with Crippen molar-refractivity contribution < 1.29 is 15.7 Å². The number of nitrogens with zero attached hydrogens (tertiary/aromatic N) is 1. The van der Waals surface area contributed by atoms with Crippen molar-refractivity contribution in [1.29, 1.82) is 0 Å². The van der Waals surface area contributed by atoms with E-state index in [0.29, 0.717) is 0 Å². The van der Waals surface area contributed by atoms with Crippen LogP contribution in [-0.2, 0) is 14.3 Å². The van der Waals surface area contributed by atoms with Gasteiger partial charge in [0.2, 0.25) is 6.04 Å². The van der Waals surface area contributed by atoms with Crippen molar-refractivity contribution in [3.05, 3.63) is 4.91 Å². The zero-order valence-corrected chi connectivity index (χ0v) is 5.36. The van der Waals surface area contributed by atoms with Crippen LogP contribution in [0, 0.1) is 4.91 Å². The lowest BCUT2D eigenvalue weighted by Gasteiger charge is -1.99. The number of ether oxygens (including phenoxy) is 1. The van der Waals surface area contributed by atoms with Gasteiger partial charge in [-0.25, -0.2) is 4.79 Å². The number of hydrogen-bond donors (Lipinski definition) is 0. The minimum absolute atomic E-state index is 0.0537. The predicted octanol–water partition coefficient (Wildman–Crippen LogP) is -0.117. The summed E-state index contributed by atoms with van der Waals surface area (Å²) in [4.78, 5) is 30.5. The van der Waals surface area contributed by atoms with Crippen LogP contribution in [0.25, 0.3) is 0 Å². The first-order valence-electron chi connectivity index (χ1n) is 3.13. The average Bonchev–Trinajstić information content (AvgIpc) is 1.88. The number of hydrogen-bond acceptors (Lipinski definition) is 5. The highest BCUT2D eigenvalue weighted by molar-refractivity contribution is 5.92. The summed E-state index contributed by atoms with van der Waals surface area (Å²) in [5.41, 5.74) is 0. The van der Waals surface area contributed by atoms with Gasteiger partial charge in [-0.15, -0.1) is 4.91 Å². The third-order valence-corrected chi connectivity index (χ3v) is 0.727. The molecule has 0 aromatic rings. The van der Waals surface area contributed by atoms with Crippen LogP contribution in [0.15, 0.2) is 5.18 Å². The minimum atomic E-state index is -1.82. The van der Waals surface area contributed by atoms with Crippen LogP contribution >= 0.6 is 0 Å². The van der Waals surface area contributed by atoms with E-state index in [9.17, 15) is 14.5 Å². The van der Waals surface area contributed by atoms with Crippen LogP contribution in [0.5, 0.6) is 0 Å². The van der Waals surface area contributed by atoms with Gasteiger partial charge in [-0.2, -0.15) is 0 Å². The number of rotatable bonds is 4. The maximum atomic E-state index is 10.6. The first-order chi connectivity index (χ1) is 5.13. The third-order valence-electron chi connectivity index (χ3n) is 0.727. The maximum absolute atomic E-state index is 10.6. The van der Waals surface area contributed by atoms with E-state index in [4.69, 9.17) is 1.37 Å². The second kappa shape index (κ2) is 4.60. The molecule has 5 heteroatoms. The third kappa shape index (κ3) is 2.34. The van der Waals surface area contributed by atoms with Crippen molar-refractivity contribution >= 4 is 12.2 Å². The Morgan fingerprint density at radius 1 is 2.00 bits per heavy atom. The fourth-order valence-electron chi connectivity index (χ4n) is 0.334. The molecule has 0 aliphatic carbocycles. The van der Waals surface area contributed by atoms with E-state index in [-0.39, 0.29) is 6.61 Å². The number of nitroso groups, excluding NO2 is 1. The molecule has 0 heterocycles. The first kappa shape index (κ1) is 6.85. The SMILES string of the molecule is [2H]C(=O)C(N=O)C(=O)OCC. The van der Waals surface area contributed by atoms with Gasteiger partial charge in [-0.3, -0.25) is 0 Å². The molecule has 0 aromatic carbocycles. The summed E-state index contributed by atoms with van der Waals surface area (Å²) in [6.07, 6.45) is -1.35. The quantitative estimate of drug-likeness (QED) is 0.240. The van der Waals surface area contributed by atoms with E-state index in [1.165, 1.54) is 6.92 Å². The molecule has 0 aliphatic heterocycles. The Hall–Kier alpha value is -1.26. The van der Waals surface area contributed by atoms with Crippen molar-refractivity contribution in [1.82, 2.24) is 0 Å². The molecule has 0 spiro atoms. The topological polar surface area (TPSA) is 72.8 Å². The molecule has 56 valence electrons. The molecular weight excluding hydrogens is 138 g/mol. The molecule has 1 unspecified atom stereocenters. The zero-order valence-electron chi connectivity index (χ0n) is 6.36. The highest BCUT2D eigenvalue weighted by Crippen LogP contribution is 1.89. The van der Waals surface area contributed by atoms with Gasteiger partial charge in [-0.05, 0) is 12.1 Å². The molecule has 0 saturated carbocycles. The van der Waals surface area contributed by atoms with E-state index >= 15 is 0 Å². The second-order valence-electron chi connectivity index (χ2n) is 1.38. The molecule has 0 saturated heterocycles. The van der Waals surface area contributed by atoms with E-state index in [1.807, 2.05) is 0 Å². The lowest BCUT2D eigenvalue weighted by molar-refractivity contribution is -0.145. The molecule has 0 aliphatic rings. The van der Waals surface area contributed by atoms with Crippen LogP contribution in [0.3, 0.4) is 0 Å². The van der Waals surface area contributed by atoms with Crippen molar-refractivity contribution in [2.75, 3.05) is 6.61 Å². The smallest absolute Gasteiger partial charge is 0.342 e.